The summed E-state index contributed by atoms with van der Waals surface area (Å²) >= 11 is 0. The van der Waals surface area contributed by atoms with Crippen molar-refractivity contribution in [1.82, 2.24) is 0 Å². The van der Waals surface area contributed by atoms with E-state index in [0.717, 1.165) is 5.69 Å². The van der Waals surface area contributed by atoms with Crippen LogP contribution in [0.5, 0.6) is 0 Å². The Bertz CT molecular complexity index is 394. The first-order valence-corrected chi connectivity index (χ1v) is 8.18. The van der Waals surface area contributed by atoms with Crippen molar-refractivity contribution in [1.29, 1.82) is 0 Å². The number of benzene rings is 1. The first-order valence-electron chi connectivity index (χ1n) is 8.18. The molecule has 0 aliphatic carbocycles. The van der Waals surface area contributed by atoms with Gasteiger partial charge in [0.2, 0.25) is 0 Å². The molecule has 0 fully saturated rings. The summed E-state index contributed by atoms with van der Waals surface area (Å²) in [4.78, 5) is 10.3. The zero-order chi connectivity index (χ0) is 15.5. The number of anilines is 1. The minimum absolute atomic E-state index is 0.147. The van der Waals surface area contributed by atoms with Gasteiger partial charge in [-0.05, 0) is 25.0 Å². The number of nitro benzene ring substituents is 1. The van der Waals surface area contributed by atoms with Gasteiger partial charge in [-0.3, -0.25) is 10.1 Å². The van der Waals surface area contributed by atoms with Crippen molar-refractivity contribution in [2.75, 3.05) is 5.32 Å². The van der Waals surface area contributed by atoms with Gasteiger partial charge >= 0.3 is 0 Å². The SMILES string of the molecule is CCCCCC(CCCCC)Nc1ccc([N+](=O)[O-])cc1. The Morgan fingerprint density at radius 2 is 1.52 bits per heavy atom. The van der Waals surface area contributed by atoms with Crippen LogP contribution < -0.4 is 5.32 Å². The Kier molecular flexibility index (Phi) is 8.48. The molecule has 1 aromatic carbocycles. The largest absolute Gasteiger partial charge is 0.382 e. The number of nitrogens with zero attached hydrogens (tertiary/aromatic N) is 1. The number of hydrogen-bond donors (Lipinski definition) is 1. The lowest BCUT2D eigenvalue weighted by Gasteiger charge is -2.20. The summed E-state index contributed by atoms with van der Waals surface area (Å²) in [6.45, 7) is 4.44. The molecule has 1 N–H and O–H groups in total. The van der Waals surface area contributed by atoms with Crippen LogP contribution >= 0.6 is 0 Å². The Hall–Kier alpha value is -1.58. The molecule has 1 aromatic rings. The van der Waals surface area contributed by atoms with Gasteiger partial charge in [0, 0.05) is 23.9 Å². The van der Waals surface area contributed by atoms with Crippen molar-refractivity contribution in [3.8, 4) is 0 Å². The molecule has 0 radical (unpaired) electrons. The number of nitrogens with one attached hydrogen (secondary N) is 1. The summed E-state index contributed by atoms with van der Waals surface area (Å²) in [5.74, 6) is 0. The third-order valence-corrected chi connectivity index (χ3v) is 3.76. The lowest BCUT2D eigenvalue weighted by atomic mass is 10.0. The van der Waals surface area contributed by atoms with Crippen LogP contribution in [0.4, 0.5) is 11.4 Å². The van der Waals surface area contributed by atoms with Gasteiger partial charge in [0.15, 0.2) is 0 Å². The highest BCUT2D eigenvalue weighted by Crippen LogP contribution is 2.20. The fraction of sp³-hybridized carbons (Fsp3) is 0.647. The van der Waals surface area contributed by atoms with Gasteiger partial charge in [0.1, 0.15) is 0 Å². The normalized spacial score (nSPS) is 10.8. The van der Waals surface area contributed by atoms with Crippen LogP contribution in [0.25, 0.3) is 0 Å². The minimum Gasteiger partial charge on any atom is -0.382 e. The van der Waals surface area contributed by atoms with Gasteiger partial charge in [0.05, 0.1) is 4.92 Å². The second-order valence-corrected chi connectivity index (χ2v) is 5.64. The molecular formula is C17H28N2O2. The predicted octanol–water partition coefficient (Wildman–Crippen LogP) is 5.54. The average molecular weight is 292 g/mol. The second-order valence-electron chi connectivity index (χ2n) is 5.64. The van der Waals surface area contributed by atoms with Crippen molar-refractivity contribution < 1.29 is 4.92 Å². The Labute approximate surface area is 128 Å². The smallest absolute Gasteiger partial charge is 0.269 e. The Balaban J connectivity index is 2.54. The van der Waals surface area contributed by atoms with E-state index in [1.54, 1.807) is 12.1 Å². The van der Waals surface area contributed by atoms with Crippen molar-refractivity contribution >= 4 is 11.4 Å². The molecule has 0 aliphatic rings. The van der Waals surface area contributed by atoms with E-state index in [-0.39, 0.29) is 10.6 Å². The van der Waals surface area contributed by atoms with Gasteiger partial charge in [-0.25, -0.2) is 0 Å². The maximum atomic E-state index is 10.7. The van der Waals surface area contributed by atoms with Gasteiger partial charge < -0.3 is 5.32 Å². The van der Waals surface area contributed by atoms with Gasteiger partial charge in [-0.15, -0.1) is 0 Å². The summed E-state index contributed by atoms with van der Waals surface area (Å²) in [6, 6.07) is 7.23. The van der Waals surface area contributed by atoms with E-state index in [0.29, 0.717) is 6.04 Å². The Morgan fingerprint density at radius 1 is 1.00 bits per heavy atom. The molecule has 0 saturated heterocycles. The molecule has 21 heavy (non-hydrogen) atoms. The first kappa shape index (κ1) is 17.5. The average Bonchev–Trinajstić information content (AvgIpc) is 2.48. The van der Waals surface area contributed by atoms with E-state index < -0.39 is 0 Å². The number of nitro groups is 1. The summed E-state index contributed by atoms with van der Waals surface area (Å²) < 4.78 is 0. The van der Waals surface area contributed by atoms with Gasteiger partial charge in [-0.2, -0.15) is 0 Å². The molecule has 4 heteroatoms. The number of hydrogen-bond acceptors (Lipinski definition) is 3. The summed E-state index contributed by atoms with van der Waals surface area (Å²) in [6.07, 6.45) is 9.85. The highest BCUT2D eigenvalue weighted by molar-refractivity contribution is 5.49. The van der Waals surface area contributed by atoms with Crippen molar-refractivity contribution in [3.05, 3.63) is 34.4 Å². The third-order valence-electron chi connectivity index (χ3n) is 3.76. The second kappa shape index (κ2) is 10.2. The third kappa shape index (κ3) is 7.11. The maximum Gasteiger partial charge on any atom is 0.269 e. The molecule has 0 amide bonds. The topological polar surface area (TPSA) is 55.2 Å². The summed E-state index contributed by atoms with van der Waals surface area (Å²) in [7, 11) is 0. The molecule has 0 bridgehead atoms. The molecule has 0 atom stereocenters. The molecule has 118 valence electrons. The van der Waals surface area contributed by atoms with E-state index in [9.17, 15) is 10.1 Å². The van der Waals surface area contributed by atoms with Gasteiger partial charge in [0.25, 0.3) is 5.69 Å². The zero-order valence-corrected chi connectivity index (χ0v) is 13.3. The molecule has 1 rings (SSSR count). The van der Waals surface area contributed by atoms with Crippen molar-refractivity contribution in [3.63, 3.8) is 0 Å². The van der Waals surface area contributed by atoms with Crippen molar-refractivity contribution in [2.24, 2.45) is 0 Å². The molecule has 0 aromatic heterocycles. The van der Waals surface area contributed by atoms with E-state index >= 15 is 0 Å². The number of unbranched alkanes of at least 4 members (excludes halogenated alkanes) is 4. The molecule has 0 unspecified atom stereocenters. The quantitative estimate of drug-likeness (QED) is 0.331. The first-order chi connectivity index (χ1) is 10.2. The highest BCUT2D eigenvalue weighted by Gasteiger charge is 2.09. The lowest BCUT2D eigenvalue weighted by molar-refractivity contribution is -0.384. The van der Waals surface area contributed by atoms with Crippen LogP contribution in [0, 0.1) is 10.1 Å². The van der Waals surface area contributed by atoms with Crippen LogP contribution in [-0.2, 0) is 0 Å². The van der Waals surface area contributed by atoms with Crippen molar-refractivity contribution in [2.45, 2.75) is 71.3 Å². The lowest BCUT2D eigenvalue weighted by Crippen LogP contribution is -2.19. The van der Waals surface area contributed by atoms with Crippen LogP contribution in [0.2, 0.25) is 0 Å². The minimum atomic E-state index is -0.357. The van der Waals surface area contributed by atoms with E-state index in [2.05, 4.69) is 19.2 Å². The van der Waals surface area contributed by atoms with Crippen LogP contribution in [0.3, 0.4) is 0 Å². The molecule has 0 saturated carbocycles. The molecule has 0 aliphatic heterocycles. The van der Waals surface area contributed by atoms with E-state index in [4.69, 9.17) is 0 Å². The highest BCUT2D eigenvalue weighted by atomic mass is 16.6. The fourth-order valence-electron chi connectivity index (χ4n) is 2.49. The molecule has 0 heterocycles. The number of rotatable bonds is 11. The van der Waals surface area contributed by atoms with Crippen LogP contribution in [-0.4, -0.2) is 11.0 Å². The maximum absolute atomic E-state index is 10.7. The molecule has 4 nitrogen and oxygen atoms in total. The predicted molar refractivity (Wildman–Crippen MR) is 88.8 cm³/mol. The number of non-ortho nitro benzene ring substituents is 1. The van der Waals surface area contributed by atoms with Crippen LogP contribution in [0.15, 0.2) is 24.3 Å². The fourth-order valence-corrected chi connectivity index (χ4v) is 2.49. The van der Waals surface area contributed by atoms with E-state index in [1.165, 1.54) is 51.4 Å². The zero-order valence-electron chi connectivity index (χ0n) is 13.3. The monoisotopic (exact) mass is 292 g/mol. The molecule has 0 spiro atoms. The summed E-state index contributed by atoms with van der Waals surface area (Å²) in [5, 5.41) is 14.2. The standard InChI is InChI=1S/C17H28N2O2/c1-3-5-7-9-15(10-8-6-4-2)18-16-11-13-17(14-12-16)19(20)21/h11-15,18H,3-10H2,1-2H3. The van der Waals surface area contributed by atoms with Gasteiger partial charge in [-0.1, -0.05) is 52.4 Å². The Morgan fingerprint density at radius 3 is 1.95 bits per heavy atom. The van der Waals surface area contributed by atoms with E-state index in [1.807, 2.05) is 12.1 Å². The molecular weight excluding hydrogens is 264 g/mol. The van der Waals surface area contributed by atoms with Crippen LogP contribution in [0.1, 0.15) is 65.2 Å². The summed E-state index contributed by atoms with van der Waals surface area (Å²) in [5.41, 5.74) is 1.13.